The Bertz CT molecular complexity index is 1090. The third-order valence-corrected chi connectivity index (χ3v) is 6.44. The maximum absolute atomic E-state index is 11.9. The molecule has 2 aliphatic rings. The average Bonchev–Trinajstić information content (AvgIpc) is 3.20. The lowest BCUT2D eigenvalue weighted by Crippen LogP contribution is -2.25. The van der Waals surface area contributed by atoms with Crippen molar-refractivity contribution in [2.24, 2.45) is 0 Å². The number of nitrogens with zero attached hydrogens (tertiary/aromatic N) is 4. The van der Waals surface area contributed by atoms with E-state index in [2.05, 4.69) is 27.5 Å². The molecule has 1 amide bonds. The molecule has 2 aromatic heterocycles. The summed E-state index contributed by atoms with van der Waals surface area (Å²) in [6.07, 6.45) is 8.04. The van der Waals surface area contributed by atoms with Gasteiger partial charge in [0.1, 0.15) is 5.65 Å². The number of likely N-dealkylation sites (tertiary alicyclic amines) is 1. The van der Waals surface area contributed by atoms with E-state index in [-0.39, 0.29) is 5.91 Å². The van der Waals surface area contributed by atoms with Gasteiger partial charge in [-0.3, -0.25) is 9.69 Å². The second kappa shape index (κ2) is 7.76. The smallest absolute Gasteiger partial charge is 0.223 e. The molecule has 4 heterocycles. The first kappa shape index (κ1) is 19.1. The number of rotatable bonds is 3. The molecule has 6 heteroatoms. The topological polar surface area (TPSA) is 66.9 Å². The molecular weight excluding hydrogens is 374 g/mol. The number of pyridine rings is 1. The Hall–Kier alpha value is -2.86. The van der Waals surface area contributed by atoms with Gasteiger partial charge in [0.15, 0.2) is 0 Å². The number of anilines is 2. The Morgan fingerprint density at radius 2 is 1.87 bits per heavy atom. The molecule has 0 saturated carbocycles. The highest BCUT2D eigenvalue weighted by Crippen LogP contribution is 2.34. The van der Waals surface area contributed by atoms with Gasteiger partial charge < -0.3 is 15.0 Å². The maximum atomic E-state index is 11.9. The zero-order chi connectivity index (χ0) is 20.7. The third kappa shape index (κ3) is 3.45. The van der Waals surface area contributed by atoms with Gasteiger partial charge in [0.25, 0.3) is 0 Å². The molecule has 5 rings (SSSR count). The van der Waals surface area contributed by atoms with Gasteiger partial charge in [0, 0.05) is 43.1 Å². The molecule has 2 N–H and O–H groups in total. The van der Waals surface area contributed by atoms with Crippen molar-refractivity contribution in [2.45, 2.75) is 45.6 Å². The summed E-state index contributed by atoms with van der Waals surface area (Å²) < 4.78 is 2.16. The molecule has 0 bridgehead atoms. The number of amides is 1. The highest BCUT2D eigenvalue weighted by Gasteiger charge is 2.24. The fraction of sp³-hybridized carbons (Fsp3) is 0.417. The van der Waals surface area contributed by atoms with Crippen LogP contribution in [0.5, 0.6) is 0 Å². The van der Waals surface area contributed by atoms with Crippen LogP contribution in [0.25, 0.3) is 16.9 Å². The largest absolute Gasteiger partial charge is 0.398 e. The number of aromatic nitrogens is 2. The number of fused-ring (bicyclic) bond motifs is 2. The van der Waals surface area contributed by atoms with Crippen molar-refractivity contribution < 1.29 is 4.79 Å². The van der Waals surface area contributed by atoms with Crippen LogP contribution in [0.2, 0.25) is 0 Å². The number of nitrogens with two attached hydrogens (primary N) is 1. The summed E-state index contributed by atoms with van der Waals surface area (Å²) in [6, 6.07) is 10.3. The highest BCUT2D eigenvalue weighted by molar-refractivity contribution is 5.94. The lowest BCUT2D eigenvalue weighted by molar-refractivity contribution is -0.116. The summed E-state index contributed by atoms with van der Waals surface area (Å²) in [4.78, 5) is 21.3. The van der Waals surface area contributed by atoms with E-state index in [1.54, 1.807) is 6.92 Å². The molecule has 6 nitrogen and oxygen atoms in total. The van der Waals surface area contributed by atoms with Gasteiger partial charge in [-0.1, -0.05) is 18.9 Å². The average molecular weight is 404 g/mol. The first-order valence-corrected chi connectivity index (χ1v) is 11.0. The molecule has 156 valence electrons. The van der Waals surface area contributed by atoms with Gasteiger partial charge >= 0.3 is 0 Å². The Labute approximate surface area is 177 Å². The zero-order valence-corrected chi connectivity index (χ0v) is 17.6. The van der Waals surface area contributed by atoms with Crippen molar-refractivity contribution >= 4 is 22.9 Å². The lowest BCUT2D eigenvalue weighted by atomic mass is 10.0. The quantitative estimate of drug-likeness (QED) is 0.721. The minimum atomic E-state index is 0.103. The van der Waals surface area contributed by atoms with E-state index in [0.717, 1.165) is 60.9 Å². The minimum Gasteiger partial charge on any atom is -0.398 e. The van der Waals surface area contributed by atoms with Crippen molar-refractivity contribution in [3.63, 3.8) is 0 Å². The molecule has 30 heavy (non-hydrogen) atoms. The van der Waals surface area contributed by atoms with Crippen molar-refractivity contribution in [1.29, 1.82) is 0 Å². The molecule has 1 saturated heterocycles. The number of hydrogen-bond donors (Lipinski definition) is 1. The van der Waals surface area contributed by atoms with Crippen molar-refractivity contribution in [1.82, 2.24) is 14.3 Å². The number of nitrogen functional groups attached to an aromatic ring is 1. The minimum absolute atomic E-state index is 0.103. The van der Waals surface area contributed by atoms with E-state index in [9.17, 15) is 4.79 Å². The van der Waals surface area contributed by atoms with Gasteiger partial charge in [-0.25, -0.2) is 4.98 Å². The van der Waals surface area contributed by atoms with E-state index >= 15 is 0 Å². The van der Waals surface area contributed by atoms with E-state index in [1.165, 1.54) is 36.9 Å². The molecule has 0 radical (unpaired) electrons. The van der Waals surface area contributed by atoms with Crippen LogP contribution in [-0.2, 0) is 17.8 Å². The van der Waals surface area contributed by atoms with Crippen LogP contribution in [0.15, 0.2) is 36.5 Å². The van der Waals surface area contributed by atoms with Crippen LogP contribution in [0, 0.1) is 0 Å². The Morgan fingerprint density at radius 1 is 1.07 bits per heavy atom. The van der Waals surface area contributed by atoms with E-state index in [4.69, 9.17) is 10.7 Å². The predicted molar refractivity (Wildman–Crippen MR) is 121 cm³/mol. The molecule has 0 unspecified atom stereocenters. The number of carbonyl (C=O) groups excluding carboxylic acids is 1. The molecular formula is C24H29N5O. The van der Waals surface area contributed by atoms with Gasteiger partial charge in [-0.15, -0.1) is 0 Å². The standard InChI is InChI=1S/C24H29N5O/c1-17(30)28-13-10-18-14-19(6-8-21(18)28)24-22(16-27-11-4-2-3-5-12-27)29-15-20(25)7-9-23(29)26-24/h6-9,14-15H,2-5,10-13,16,25H2,1H3. The third-order valence-electron chi connectivity index (χ3n) is 6.44. The van der Waals surface area contributed by atoms with E-state index in [0.29, 0.717) is 0 Å². The fourth-order valence-electron chi connectivity index (χ4n) is 4.87. The Balaban J connectivity index is 1.58. The monoisotopic (exact) mass is 403 g/mol. The molecule has 3 aromatic rings. The lowest BCUT2D eigenvalue weighted by Gasteiger charge is -2.20. The van der Waals surface area contributed by atoms with Crippen molar-refractivity contribution in [2.75, 3.05) is 30.3 Å². The summed E-state index contributed by atoms with van der Waals surface area (Å²) in [5, 5.41) is 0. The van der Waals surface area contributed by atoms with Crippen LogP contribution in [0.1, 0.15) is 43.9 Å². The summed E-state index contributed by atoms with van der Waals surface area (Å²) in [6.45, 7) is 5.53. The first-order valence-electron chi connectivity index (χ1n) is 11.0. The molecule has 0 aliphatic carbocycles. The summed E-state index contributed by atoms with van der Waals surface area (Å²) in [5.41, 5.74) is 13.4. The predicted octanol–water partition coefficient (Wildman–Crippen LogP) is 3.87. The van der Waals surface area contributed by atoms with Crippen molar-refractivity contribution in [3.8, 4) is 11.3 Å². The number of hydrogen-bond acceptors (Lipinski definition) is 4. The summed E-state index contributed by atoms with van der Waals surface area (Å²) in [5.74, 6) is 0.103. The van der Waals surface area contributed by atoms with Gasteiger partial charge in [0.2, 0.25) is 5.91 Å². The van der Waals surface area contributed by atoms with E-state index in [1.807, 2.05) is 23.2 Å². The Kier molecular flexibility index (Phi) is 4.95. The van der Waals surface area contributed by atoms with Crippen LogP contribution in [-0.4, -0.2) is 39.8 Å². The number of carbonyl (C=O) groups is 1. The second-order valence-corrected chi connectivity index (χ2v) is 8.55. The number of benzene rings is 1. The summed E-state index contributed by atoms with van der Waals surface area (Å²) in [7, 11) is 0. The van der Waals surface area contributed by atoms with Crippen LogP contribution < -0.4 is 10.6 Å². The van der Waals surface area contributed by atoms with Crippen LogP contribution in [0.3, 0.4) is 0 Å². The van der Waals surface area contributed by atoms with E-state index < -0.39 is 0 Å². The Morgan fingerprint density at radius 3 is 2.63 bits per heavy atom. The fourth-order valence-corrected chi connectivity index (χ4v) is 4.87. The maximum Gasteiger partial charge on any atom is 0.223 e. The SMILES string of the molecule is CC(=O)N1CCc2cc(-c3nc4ccc(N)cn4c3CN3CCCCCC3)ccc21. The van der Waals surface area contributed by atoms with Gasteiger partial charge in [-0.2, -0.15) is 0 Å². The van der Waals surface area contributed by atoms with Crippen LogP contribution >= 0.6 is 0 Å². The molecule has 0 atom stereocenters. The van der Waals surface area contributed by atoms with Gasteiger partial charge in [0.05, 0.1) is 11.4 Å². The second-order valence-electron chi connectivity index (χ2n) is 8.55. The molecule has 2 aliphatic heterocycles. The highest BCUT2D eigenvalue weighted by atomic mass is 16.2. The molecule has 1 fully saturated rings. The molecule has 0 spiro atoms. The summed E-state index contributed by atoms with van der Waals surface area (Å²) >= 11 is 0. The zero-order valence-electron chi connectivity index (χ0n) is 17.6. The molecule has 1 aromatic carbocycles. The number of imidazole rings is 1. The van der Waals surface area contributed by atoms with Gasteiger partial charge in [-0.05, 0) is 62.2 Å². The van der Waals surface area contributed by atoms with Crippen molar-refractivity contribution in [3.05, 3.63) is 47.8 Å². The first-order chi connectivity index (χ1) is 14.6. The van der Waals surface area contributed by atoms with Crippen LogP contribution in [0.4, 0.5) is 11.4 Å². The normalized spacial score (nSPS) is 17.3.